The number of hydrogen-bond donors (Lipinski definition) is 1. The number of fused-ring (bicyclic) bond motifs is 1. The number of hydrogen-bond acceptors (Lipinski definition) is 5. The van der Waals surface area contributed by atoms with Crippen molar-refractivity contribution in [3.05, 3.63) is 75.8 Å². The van der Waals surface area contributed by atoms with E-state index in [-0.39, 0.29) is 45.3 Å². The molecule has 0 atom stereocenters. The molecular weight excluding hydrogens is 485 g/mol. The second-order valence-corrected chi connectivity index (χ2v) is 10.5. The van der Waals surface area contributed by atoms with Crippen molar-refractivity contribution in [1.29, 1.82) is 0 Å². The van der Waals surface area contributed by atoms with Crippen LogP contribution < -0.4 is 14.4 Å². The van der Waals surface area contributed by atoms with Gasteiger partial charge in [0.1, 0.15) is 12.4 Å². The molecule has 2 aromatic carbocycles. The van der Waals surface area contributed by atoms with Crippen molar-refractivity contribution in [2.45, 2.75) is 23.7 Å². The van der Waals surface area contributed by atoms with Gasteiger partial charge in [-0.1, -0.05) is 41.4 Å². The van der Waals surface area contributed by atoms with E-state index in [1.807, 2.05) is 6.07 Å². The number of sulfonamides is 1. The van der Waals surface area contributed by atoms with Crippen LogP contribution in [0.3, 0.4) is 0 Å². The Morgan fingerprint density at radius 3 is 2.52 bits per heavy atom. The maximum atomic E-state index is 13.5. The van der Waals surface area contributed by atoms with Crippen LogP contribution in [0.1, 0.15) is 34.7 Å². The van der Waals surface area contributed by atoms with Gasteiger partial charge in [0.25, 0.3) is 15.9 Å². The lowest BCUT2D eigenvalue weighted by Crippen LogP contribution is -2.38. The number of carbonyl (C=O) groups is 1. The first kappa shape index (κ1) is 22.0. The fourth-order valence-electron chi connectivity index (χ4n) is 3.74. The van der Waals surface area contributed by atoms with Crippen molar-refractivity contribution in [3.8, 4) is 5.75 Å². The van der Waals surface area contributed by atoms with Gasteiger partial charge in [-0.3, -0.25) is 4.79 Å². The Labute approximate surface area is 201 Å². The predicted molar refractivity (Wildman–Crippen MR) is 127 cm³/mol. The second-order valence-electron chi connectivity index (χ2n) is 7.84. The standard InChI is InChI=1S/C23H19Cl2N3O4S/c24-17-5-2-6-18(25)21(17)23(29)27-20-10-9-19-22(26-20)28(11-12-32-19)33(30,31)16-4-1-3-15(13-16)14-7-8-14/h1-6,9-10,13-14H,7-8,11-12H2,(H,26,27,29). The van der Waals surface area contributed by atoms with E-state index in [4.69, 9.17) is 27.9 Å². The Kier molecular flexibility index (Phi) is 5.68. The van der Waals surface area contributed by atoms with Gasteiger partial charge < -0.3 is 10.1 Å². The molecule has 1 aliphatic heterocycles. The second kappa shape index (κ2) is 8.52. The minimum absolute atomic E-state index is 0.101. The molecule has 33 heavy (non-hydrogen) atoms. The molecule has 0 radical (unpaired) electrons. The van der Waals surface area contributed by atoms with Crippen LogP contribution in [-0.4, -0.2) is 32.5 Å². The number of carbonyl (C=O) groups excluding carboxylic acids is 1. The van der Waals surface area contributed by atoms with Crippen molar-refractivity contribution < 1.29 is 17.9 Å². The van der Waals surface area contributed by atoms with Crippen LogP contribution in [0.4, 0.5) is 11.6 Å². The molecule has 2 aliphatic rings. The molecule has 170 valence electrons. The van der Waals surface area contributed by atoms with Gasteiger partial charge in [-0.2, -0.15) is 0 Å². The third kappa shape index (κ3) is 4.26. The maximum absolute atomic E-state index is 13.5. The largest absolute Gasteiger partial charge is 0.488 e. The van der Waals surface area contributed by atoms with Gasteiger partial charge in [0.15, 0.2) is 11.6 Å². The van der Waals surface area contributed by atoms with Crippen molar-refractivity contribution in [3.63, 3.8) is 0 Å². The quantitative estimate of drug-likeness (QED) is 0.522. The van der Waals surface area contributed by atoms with Gasteiger partial charge in [-0.15, -0.1) is 0 Å². The van der Waals surface area contributed by atoms with Gasteiger partial charge in [0.05, 0.1) is 27.0 Å². The van der Waals surface area contributed by atoms with E-state index < -0.39 is 15.9 Å². The zero-order valence-electron chi connectivity index (χ0n) is 17.3. The Morgan fingerprint density at radius 1 is 1.06 bits per heavy atom. The van der Waals surface area contributed by atoms with Crippen LogP contribution in [-0.2, 0) is 10.0 Å². The predicted octanol–water partition coefficient (Wildman–Crippen LogP) is 5.11. The molecule has 1 saturated carbocycles. The summed E-state index contributed by atoms with van der Waals surface area (Å²) < 4.78 is 33.8. The number of benzene rings is 2. The first-order valence-electron chi connectivity index (χ1n) is 10.4. The van der Waals surface area contributed by atoms with Crippen LogP contribution >= 0.6 is 23.2 Å². The smallest absolute Gasteiger partial charge is 0.265 e. The summed E-state index contributed by atoms with van der Waals surface area (Å²) in [4.78, 5) is 17.3. The first-order valence-corrected chi connectivity index (χ1v) is 12.6. The van der Waals surface area contributed by atoms with E-state index in [0.29, 0.717) is 11.7 Å². The summed E-state index contributed by atoms with van der Waals surface area (Å²) in [6.45, 7) is 0.293. The highest BCUT2D eigenvalue weighted by molar-refractivity contribution is 7.92. The van der Waals surface area contributed by atoms with Gasteiger partial charge in [-0.05, 0) is 60.7 Å². The van der Waals surface area contributed by atoms with E-state index in [2.05, 4.69) is 10.3 Å². The maximum Gasteiger partial charge on any atom is 0.265 e. The van der Waals surface area contributed by atoms with Crippen LogP contribution in [0.2, 0.25) is 10.0 Å². The van der Waals surface area contributed by atoms with Crippen LogP contribution in [0, 0.1) is 0 Å². The average Bonchev–Trinajstić information content (AvgIpc) is 3.64. The van der Waals surface area contributed by atoms with Crippen molar-refractivity contribution >= 4 is 50.8 Å². The molecule has 0 spiro atoms. The molecular formula is C23H19Cl2N3O4S. The number of halogens is 2. The van der Waals surface area contributed by atoms with Crippen molar-refractivity contribution in [1.82, 2.24) is 4.98 Å². The van der Waals surface area contributed by atoms with Gasteiger partial charge in [0, 0.05) is 0 Å². The minimum atomic E-state index is -3.88. The number of nitrogens with zero attached hydrogens (tertiary/aromatic N) is 2. The van der Waals surface area contributed by atoms with E-state index in [1.165, 1.54) is 10.4 Å². The fourth-order valence-corrected chi connectivity index (χ4v) is 5.77. The fraction of sp³-hybridized carbons (Fsp3) is 0.217. The Bertz CT molecular complexity index is 1340. The number of amides is 1. The Balaban J connectivity index is 1.47. The van der Waals surface area contributed by atoms with E-state index in [0.717, 1.165) is 18.4 Å². The number of aromatic nitrogens is 1. The molecule has 1 fully saturated rings. The van der Waals surface area contributed by atoms with Crippen LogP contribution in [0.15, 0.2) is 59.5 Å². The molecule has 2 heterocycles. The molecule has 10 heteroatoms. The normalized spacial score (nSPS) is 15.5. The van der Waals surface area contributed by atoms with Crippen LogP contribution in [0.25, 0.3) is 0 Å². The third-order valence-electron chi connectivity index (χ3n) is 5.55. The summed E-state index contributed by atoms with van der Waals surface area (Å²) in [5.41, 5.74) is 1.13. The summed E-state index contributed by atoms with van der Waals surface area (Å²) in [5.74, 6) is 0.445. The van der Waals surface area contributed by atoms with E-state index in [9.17, 15) is 13.2 Å². The monoisotopic (exact) mass is 503 g/mol. The molecule has 1 aromatic heterocycles. The lowest BCUT2D eigenvalue weighted by molar-refractivity contribution is 0.102. The summed E-state index contributed by atoms with van der Waals surface area (Å²) in [6, 6.07) is 14.9. The minimum Gasteiger partial charge on any atom is -0.488 e. The van der Waals surface area contributed by atoms with Gasteiger partial charge >= 0.3 is 0 Å². The Hall–Kier alpha value is -2.81. The van der Waals surface area contributed by atoms with Gasteiger partial charge in [0.2, 0.25) is 0 Å². The molecule has 0 unspecified atom stereocenters. The lowest BCUT2D eigenvalue weighted by Gasteiger charge is -2.29. The molecule has 0 bridgehead atoms. The number of nitrogens with one attached hydrogen (secondary N) is 1. The first-order chi connectivity index (χ1) is 15.8. The number of rotatable bonds is 5. The average molecular weight is 504 g/mol. The lowest BCUT2D eigenvalue weighted by atomic mass is 10.1. The molecule has 1 N–H and O–H groups in total. The van der Waals surface area contributed by atoms with E-state index >= 15 is 0 Å². The molecule has 0 saturated heterocycles. The number of anilines is 2. The molecule has 1 amide bonds. The molecule has 1 aliphatic carbocycles. The molecule has 5 rings (SSSR count). The highest BCUT2D eigenvalue weighted by Crippen LogP contribution is 2.41. The highest BCUT2D eigenvalue weighted by atomic mass is 35.5. The SMILES string of the molecule is O=C(Nc1ccc2c(n1)N(S(=O)(=O)c1cccc(C3CC3)c1)CCO2)c1c(Cl)cccc1Cl. The summed E-state index contributed by atoms with van der Waals surface area (Å²) >= 11 is 12.2. The zero-order chi connectivity index (χ0) is 23.2. The number of ether oxygens (including phenoxy) is 1. The highest BCUT2D eigenvalue weighted by Gasteiger charge is 2.33. The van der Waals surface area contributed by atoms with Crippen molar-refractivity contribution in [2.24, 2.45) is 0 Å². The topological polar surface area (TPSA) is 88.6 Å². The van der Waals surface area contributed by atoms with Gasteiger partial charge in [-0.25, -0.2) is 17.7 Å². The third-order valence-corrected chi connectivity index (χ3v) is 7.97. The summed E-state index contributed by atoms with van der Waals surface area (Å²) in [5, 5.41) is 3.03. The summed E-state index contributed by atoms with van der Waals surface area (Å²) in [6.07, 6.45) is 2.15. The zero-order valence-corrected chi connectivity index (χ0v) is 19.6. The van der Waals surface area contributed by atoms with Crippen LogP contribution in [0.5, 0.6) is 5.75 Å². The molecule has 3 aromatic rings. The number of pyridine rings is 1. The Morgan fingerprint density at radius 2 is 1.79 bits per heavy atom. The van der Waals surface area contributed by atoms with Crippen molar-refractivity contribution in [2.75, 3.05) is 22.8 Å². The molecule has 7 nitrogen and oxygen atoms in total. The van der Waals surface area contributed by atoms with E-state index in [1.54, 1.807) is 42.5 Å². The summed E-state index contributed by atoms with van der Waals surface area (Å²) in [7, 11) is -3.88.